The molecule has 0 aliphatic carbocycles. The number of fused-ring (bicyclic) bond motifs is 1. The number of para-hydroxylation sites is 1. The van der Waals surface area contributed by atoms with Gasteiger partial charge in [-0.2, -0.15) is 8.42 Å². The van der Waals surface area contributed by atoms with Gasteiger partial charge in [-0.3, -0.25) is 9.35 Å². The number of carbonyl (C=O) groups excluding carboxylic acids is 1. The summed E-state index contributed by atoms with van der Waals surface area (Å²) in [6.07, 6.45) is 2.67. The fraction of sp³-hybridized carbons (Fsp3) is 0.308. The number of benzene rings is 1. The highest BCUT2D eigenvalue weighted by atomic mass is 33.1. The monoisotopic (exact) mass is 328 g/mol. The third-order valence-corrected chi connectivity index (χ3v) is 5.02. The van der Waals surface area contributed by atoms with Gasteiger partial charge >= 0.3 is 9.15 Å². The second-order valence-corrected chi connectivity index (χ2v) is 7.93. The van der Waals surface area contributed by atoms with Crippen LogP contribution >= 0.6 is 10.8 Å². The first-order valence-corrected chi connectivity index (χ1v) is 9.33. The summed E-state index contributed by atoms with van der Waals surface area (Å²) in [7, 11) is -3.71. The lowest BCUT2D eigenvalue weighted by Gasteiger charge is -2.04. The topological polar surface area (TPSA) is 99.3 Å². The molecular formula is C13H16N2O4S2. The molecule has 114 valence electrons. The van der Waals surface area contributed by atoms with Crippen molar-refractivity contribution >= 4 is 36.8 Å². The lowest BCUT2D eigenvalue weighted by Crippen LogP contribution is -2.26. The summed E-state index contributed by atoms with van der Waals surface area (Å²) in [5, 5.41) is 3.86. The average Bonchev–Trinajstić information content (AvgIpc) is 2.81. The van der Waals surface area contributed by atoms with E-state index < -0.39 is 9.15 Å². The highest BCUT2D eigenvalue weighted by molar-refractivity contribution is 8.69. The smallest absolute Gasteiger partial charge is 0.319 e. The van der Waals surface area contributed by atoms with Gasteiger partial charge in [0.15, 0.2) is 0 Å². The maximum atomic E-state index is 11.5. The molecule has 1 aromatic carbocycles. The third-order valence-electron chi connectivity index (χ3n) is 2.95. The number of aromatic nitrogens is 1. The van der Waals surface area contributed by atoms with Crippen LogP contribution in [0.4, 0.5) is 0 Å². The second kappa shape index (κ2) is 6.97. The van der Waals surface area contributed by atoms with Crippen LogP contribution in [0.2, 0.25) is 0 Å². The van der Waals surface area contributed by atoms with Crippen LogP contribution in [-0.4, -0.2) is 36.2 Å². The molecule has 0 fully saturated rings. The van der Waals surface area contributed by atoms with E-state index in [1.165, 1.54) is 0 Å². The van der Waals surface area contributed by atoms with Gasteiger partial charge in [0.2, 0.25) is 5.91 Å². The van der Waals surface area contributed by atoms with Crippen LogP contribution in [0.1, 0.15) is 12.0 Å². The normalized spacial score (nSPS) is 11.7. The minimum Gasteiger partial charge on any atom is -0.361 e. The van der Waals surface area contributed by atoms with Gasteiger partial charge in [0.05, 0.1) is 0 Å². The van der Waals surface area contributed by atoms with Crippen LogP contribution in [0.15, 0.2) is 30.5 Å². The first kappa shape index (κ1) is 15.9. The predicted molar refractivity (Wildman–Crippen MR) is 83.6 cm³/mol. The van der Waals surface area contributed by atoms with E-state index in [4.69, 9.17) is 4.55 Å². The van der Waals surface area contributed by atoms with Gasteiger partial charge in [0.25, 0.3) is 0 Å². The van der Waals surface area contributed by atoms with E-state index in [1.54, 1.807) is 0 Å². The summed E-state index contributed by atoms with van der Waals surface area (Å²) in [6.45, 7) is 0.483. The molecular weight excluding hydrogens is 312 g/mol. The fourth-order valence-electron chi connectivity index (χ4n) is 2.00. The van der Waals surface area contributed by atoms with Gasteiger partial charge in [0.1, 0.15) is 0 Å². The largest absolute Gasteiger partial charge is 0.361 e. The Hall–Kier alpha value is -1.51. The van der Waals surface area contributed by atoms with E-state index >= 15 is 0 Å². The molecule has 0 bridgehead atoms. The van der Waals surface area contributed by atoms with Gasteiger partial charge in [-0.25, -0.2) is 0 Å². The van der Waals surface area contributed by atoms with Gasteiger partial charge in [-0.05, 0) is 28.8 Å². The number of carbonyl (C=O) groups is 1. The van der Waals surface area contributed by atoms with Crippen molar-refractivity contribution in [1.82, 2.24) is 10.3 Å². The van der Waals surface area contributed by atoms with Crippen molar-refractivity contribution in [3.8, 4) is 0 Å². The molecule has 6 nitrogen and oxygen atoms in total. The Kier molecular flexibility index (Phi) is 5.27. The Bertz CT molecular complexity index is 725. The molecule has 1 amide bonds. The minimum atomic E-state index is -4.07. The highest BCUT2D eigenvalue weighted by Crippen LogP contribution is 2.17. The van der Waals surface area contributed by atoms with Crippen molar-refractivity contribution in [2.24, 2.45) is 0 Å². The maximum Gasteiger partial charge on any atom is 0.319 e. The average molecular weight is 328 g/mol. The maximum absolute atomic E-state index is 11.5. The van der Waals surface area contributed by atoms with Crippen molar-refractivity contribution in [1.29, 1.82) is 0 Å². The molecule has 0 aliphatic heterocycles. The number of H-pyrrole nitrogens is 1. The van der Waals surface area contributed by atoms with Crippen LogP contribution in [-0.2, 0) is 20.4 Å². The molecule has 3 N–H and O–H groups in total. The molecule has 2 aromatic rings. The number of nitrogens with one attached hydrogen (secondary N) is 2. The summed E-state index contributed by atoms with van der Waals surface area (Å²) in [5.74, 6) is -0.191. The Balaban J connectivity index is 1.75. The quantitative estimate of drug-likeness (QED) is 0.531. The van der Waals surface area contributed by atoms with Gasteiger partial charge in [-0.1, -0.05) is 18.2 Å². The predicted octanol–water partition coefficient (Wildman–Crippen LogP) is 1.75. The van der Waals surface area contributed by atoms with Crippen molar-refractivity contribution in [3.05, 3.63) is 36.0 Å². The Morgan fingerprint density at radius 3 is 2.86 bits per heavy atom. The molecule has 0 unspecified atom stereocenters. The lowest BCUT2D eigenvalue weighted by atomic mass is 10.1. The first-order valence-electron chi connectivity index (χ1n) is 6.39. The van der Waals surface area contributed by atoms with Crippen molar-refractivity contribution < 1.29 is 17.8 Å². The summed E-state index contributed by atoms with van der Waals surface area (Å²) in [4.78, 5) is 14.7. The summed E-state index contributed by atoms with van der Waals surface area (Å²) >= 11 is 0. The molecule has 8 heteroatoms. The van der Waals surface area contributed by atoms with Crippen molar-refractivity contribution in [3.63, 3.8) is 0 Å². The van der Waals surface area contributed by atoms with E-state index in [0.717, 1.165) is 16.5 Å². The van der Waals surface area contributed by atoms with Crippen LogP contribution in [0.3, 0.4) is 0 Å². The summed E-state index contributed by atoms with van der Waals surface area (Å²) in [6, 6.07) is 7.93. The third kappa shape index (κ3) is 5.07. The molecule has 21 heavy (non-hydrogen) atoms. The molecule has 0 aliphatic rings. The van der Waals surface area contributed by atoms with E-state index in [2.05, 4.69) is 10.3 Å². The summed E-state index contributed by atoms with van der Waals surface area (Å²) in [5.41, 5.74) is 2.18. The van der Waals surface area contributed by atoms with E-state index in [-0.39, 0.29) is 18.1 Å². The Labute approximate surface area is 126 Å². The standard InChI is InChI=1S/C13H16N2O4S2/c16-13(6-8-20-21(17,18)19)14-7-5-10-9-15-12-4-2-1-3-11(10)12/h1-4,9,15H,5-8H2,(H,14,16)(H,17,18,19). The van der Waals surface area contributed by atoms with Crippen LogP contribution in [0.25, 0.3) is 10.9 Å². The zero-order valence-electron chi connectivity index (χ0n) is 11.2. The SMILES string of the molecule is O=C(CCSS(=O)(=O)O)NCCc1c[nH]c2ccccc12. The van der Waals surface area contributed by atoms with Crippen molar-refractivity contribution in [2.75, 3.05) is 12.3 Å². The molecule has 0 saturated heterocycles. The van der Waals surface area contributed by atoms with E-state index in [1.807, 2.05) is 30.5 Å². The lowest BCUT2D eigenvalue weighted by molar-refractivity contribution is -0.120. The van der Waals surface area contributed by atoms with Crippen LogP contribution < -0.4 is 5.32 Å². The Morgan fingerprint density at radius 2 is 2.10 bits per heavy atom. The highest BCUT2D eigenvalue weighted by Gasteiger charge is 2.08. The fourth-order valence-corrected chi connectivity index (χ4v) is 3.36. The molecule has 0 spiro atoms. The minimum absolute atomic E-state index is 0.0394. The van der Waals surface area contributed by atoms with Crippen LogP contribution in [0.5, 0.6) is 0 Å². The number of hydrogen-bond acceptors (Lipinski definition) is 4. The van der Waals surface area contributed by atoms with E-state index in [9.17, 15) is 13.2 Å². The van der Waals surface area contributed by atoms with Gasteiger partial charge < -0.3 is 10.3 Å². The van der Waals surface area contributed by atoms with E-state index in [0.29, 0.717) is 23.8 Å². The molecule has 1 heterocycles. The number of aromatic amines is 1. The zero-order valence-corrected chi connectivity index (χ0v) is 12.8. The molecule has 0 saturated carbocycles. The van der Waals surface area contributed by atoms with Gasteiger partial charge in [0, 0.05) is 35.8 Å². The van der Waals surface area contributed by atoms with Crippen LogP contribution in [0, 0.1) is 0 Å². The summed E-state index contributed by atoms with van der Waals surface area (Å²) < 4.78 is 29.5. The zero-order chi connectivity index (χ0) is 15.3. The molecule has 0 atom stereocenters. The number of hydrogen-bond donors (Lipinski definition) is 3. The molecule has 2 rings (SSSR count). The first-order chi connectivity index (χ1) is 9.96. The van der Waals surface area contributed by atoms with Crippen molar-refractivity contribution in [2.45, 2.75) is 12.8 Å². The number of amides is 1. The Morgan fingerprint density at radius 1 is 1.33 bits per heavy atom. The van der Waals surface area contributed by atoms with Gasteiger partial charge in [-0.15, -0.1) is 0 Å². The molecule has 0 radical (unpaired) electrons. The second-order valence-electron chi connectivity index (χ2n) is 4.46. The molecule has 1 aromatic heterocycles. The number of rotatable bonds is 7.